The number of nitrogens with zero attached hydrogens (tertiary/aromatic N) is 1. The van der Waals surface area contributed by atoms with Gasteiger partial charge in [0.1, 0.15) is 13.2 Å². The summed E-state index contributed by atoms with van der Waals surface area (Å²) in [4.78, 5) is 16.5. The molecule has 0 radical (unpaired) electrons. The summed E-state index contributed by atoms with van der Waals surface area (Å²) in [5.74, 6) is 2.00. The molecule has 1 aliphatic heterocycles. The largest absolute Gasteiger partial charge is 0.486 e. The number of rotatable bonds is 7. The first-order valence-electron chi connectivity index (χ1n) is 7.70. The van der Waals surface area contributed by atoms with Crippen molar-refractivity contribution in [3.63, 3.8) is 0 Å². The number of carbonyl (C=O) groups excluding carboxylic acids is 1. The number of hydrogen-bond acceptors (Lipinski definition) is 5. The lowest BCUT2D eigenvalue weighted by Crippen LogP contribution is -2.31. The maximum absolute atomic E-state index is 12.5. The van der Waals surface area contributed by atoms with Crippen molar-refractivity contribution in [1.29, 1.82) is 0 Å². The summed E-state index contributed by atoms with van der Waals surface area (Å²) in [6.45, 7) is 6.08. The van der Waals surface area contributed by atoms with Crippen molar-refractivity contribution in [1.82, 2.24) is 4.90 Å². The van der Waals surface area contributed by atoms with E-state index in [2.05, 4.69) is 6.58 Å². The van der Waals surface area contributed by atoms with Crippen LogP contribution in [-0.2, 0) is 11.3 Å². The standard InChI is InChI=1S/C18H19NO3S2/c1-2-7-19(12-15-4-3-10-23-15)18(20)13-24-14-5-6-16-17(11-14)22-9-8-21-16/h2-6,10-11H,1,7-9,12-13H2. The number of hydrogen-bond donors (Lipinski definition) is 0. The first kappa shape index (κ1) is 16.9. The lowest BCUT2D eigenvalue weighted by atomic mass is 10.3. The number of thiophene rings is 1. The smallest absolute Gasteiger partial charge is 0.233 e. The second-order valence-corrected chi connectivity index (χ2v) is 7.32. The molecule has 0 bridgehead atoms. The van der Waals surface area contributed by atoms with Gasteiger partial charge in [0, 0.05) is 16.3 Å². The average molecular weight is 361 g/mol. The molecule has 4 nitrogen and oxygen atoms in total. The Hall–Kier alpha value is -1.92. The van der Waals surface area contributed by atoms with Crippen molar-refractivity contribution in [3.05, 3.63) is 53.2 Å². The second-order valence-electron chi connectivity index (χ2n) is 5.24. The van der Waals surface area contributed by atoms with Gasteiger partial charge in [-0.25, -0.2) is 0 Å². The third kappa shape index (κ3) is 4.33. The van der Waals surface area contributed by atoms with Gasteiger partial charge in [0.2, 0.25) is 5.91 Å². The van der Waals surface area contributed by atoms with E-state index in [9.17, 15) is 4.79 Å². The molecule has 0 N–H and O–H groups in total. The maximum atomic E-state index is 12.5. The van der Waals surface area contributed by atoms with Crippen LogP contribution in [0.3, 0.4) is 0 Å². The van der Waals surface area contributed by atoms with Crippen molar-refractivity contribution in [2.24, 2.45) is 0 Å². The van der Waals surface area contributed by atoms with Crippen LogP contribution in [0.1, 0.15) is 4.88 Å². The van der Waals surface area contributed by atoms with Crippen molar-refractivity contribution >= 4 is 29.0 Å². The molecule has 1 aromatic heterocycles. The first-order chi connectivity index (χ1) is 11.8. The Morgan fingerprint density at radius 2 is 2.12 bits per heavy atom. The molecule has 6 heteroatoms. The molecule has 1 aliphatic rings. The van der Waals surface area contributed by atoms with Gasteiger partial charge >= 0.3 is 0 Å². The van der Waals surface area contributed by atoms with E-state index >= 15 is 0 Å². The topological polar surface area (TPSA) is 38.8 Å². The van der Waals surface area contributed by atoms with Crippen LogP contribution in [0.15, 0.2) is 53.3 Å². The maximum Gasteiger partial charge on any atom is 0.233 e. The van der Waals surface area contributed by atoms with E-state index in [1.165, 1.54) is 16.6 Å². The summed E-state index contributed by atoms with van der Waals surface area (Å²) in [6, 6.07) is 9.84. The Kier molecular flexibility index (Phi) is 5.82. The molecule has 0 spiro atoms. The number of thioether (sulfide) groups is 1. The molecular formula is C18H19NO3S2. The van der Waals surface area contributed by atoms with Gasteiger partial charge in [0.15, 0.2) is 11.5 Å². The van der Waals surface area contributed by atoms with Crippen LogP contribution in [0, 0.1) is 0 Å². The van der Waals surface area contributed by atoms with Crippen molar-refractivity contribution in [3.8, 4) is 11.5 Å². The fourth-order valence-corrected chi connectivity index (χ4v) is 3.90. The molecule has 126 valence electrons. The molecule has 0 aliphatic carbocycles. The minimum Gasteiger partial charge on any atom is -0.486 e. The highest BCUT2D eigenvalue weighted by Gasteiger charge is 2.16. The molecule has 1 amide bonds. The zero-order valence-electron chi connectivity index (χ0n) is 13.3. The monoisotopic (exact) mass is 361 g/mol. The first-order valence-corrected chi connectivity index (χ1v) is 9.56. The molecule has 0 atom stereocenters. The number of fused-ring (bicyclic) bond motifs is 1. The molecule has 1 aromatic carbocycles. The summed E-state index contributed by atoms with van der Waals surface area (Å²) >= 11 is 3.17. The van der Waals surface area contributed by atoms with Crippen LogP contribution >= 0.6 is 23.1 Å². The molecular weight excluding hydrogens is 342 g/mol. The minimum atomic E-state index is 0.100. The predicted octanol–water partition coefficient (Wildman–Crippen LogP) is 3.83. The predicted molar refractivity (Wildman–Crippen MR) is 98.1 cm³/mol. The average Bonchev–Trinajstić information content (AvgIpc) is 3.12. The zero-order chi connectivity index (χ0) is 16.8. The Labute approximate surface area is 150 Å². The highest BCUT2D eigenvalue weighted by molar-refractivity contribution is 8.00. The van der Waals surface area contributed by atoms with Crippen molar-refractivity contribution in [2.45, 2.75) is 11.4 Å². The van der Waals surface area contributed by atoms with Crippen LogP contribution in [0.25, 0.3) is 0 Å². The van der Waals surface area contributed by atoms with Gasteiger partial charge in [-0.1, -0.05) is 12.1 Å². The molecule has 0 fully saturated rings. The number of ether oxygens (including phenoxy) is 2. The van der Waals surface area contributed by atoms with E-state index < -0.39 is 0 Å². The number of benzene rings is 1. The summed E-state index contributed by atoms with van der Waals surface area (Å²) in [5.41, 5.74) is 0. The third-order valence-electron chi connectivity index (χ3n) is 3.50. The quantitative estimate of drug-likeness (QED) is 0.555. The van der Waals surface area contributed by atoms with Crippen LogP contribution in [0.2, 0.25) is 0 Å². The van der Waals surface area contributed by atoms with Gasteiger partial charge in [0.25, 0.3) is 0 Å². The molecule has 0 saturated heterocycles. The molecule has 24 heavy (non-hydrogen) atoms. The van der Waals surface area contributed by atoms with E-state index in [1.54, 1.807) is 17.4 Å². The Morgan fingerprint density at radius 1 is 1.29 bits per heavy atom. The van der Waals surface area contributed by atoms with E-state index in [0.717, 1.165) is 16.4 Å². The van der Waals surface area contributed by atoms with Crippen molar-refractivity contribution < 1.29 is 14.3 Å². The second kappa shape index (κ2) is 8.26. The normalized spacial score (nSPS) is 12.7. The van der Waals surface area contributed by atoms with E-state index in [4.69, 9.17) is 9.47 Å². The van der Waals surface area contributed by atoms with E-state index in [1.807, 2.05) is 40.6 Å². The van der Waals surface area contributed by atoms with Gasteiger partial charge in [0.05, 0.1) is 12.3 Å². The van der Waals surface area contributed by atoms with Gasteiger partial charge in [-0.2, -0.15) is 0 Å². The van der Waals surface area contributed by atoms with Crippen LogP contribution < -0.4 is 9.47 Å². The SMILES string of the molecule is C=CCN(Cc1cccs1)C(=O)CSc1ccc2c(c1)OCCO2. The molecule has 3 rings (SSSR count). The minimum absolute atomic E-state index is 0.100. The summed E-state index contributed by atoms with van der Waals surface area (Å²) in [6.07, 6.45) is 1.76. The Bertz CT molecular complexity index is 700. The van der Waals surface area contributed by atoms with E-state index in [-0.39, 0.29) is 5.91 Å². The zero-order valence-corrected chi connectivity index (χ0v) is 14.9. The van der Waals surface area contributed by atoms with Gasteiger partial charge in [-0.3, -0.25) is 4.79 Å². The number of carbonyl (C=O) groups is 1. The lowest BCUT2D eigenvalue weighted by Gasteiger charge is -2.21. The van der Waals surface area contributed by atoms with Gasteiger partial charge in [-0.05, 0) is 29.6 Å². The van der Waals surface area contributed by atoms with Gasteiger partial charge in [-0.15, -0.1) is 29.7 Å². The molecule has 0 unspecified atom stereocenters. The van der Waals surface area contributed by atoms with Crippen LogP contribution in [0.5, 0.6) is 11.5 Å². The van der Waals surface area contributed by atoms with Gasteiger partial charge < -0.3 is 14.4 Å². The summed E-state index contributed by atoms with van der Waals surface area (Å²) in [7, 11) is 0. The lowest BCUT2D eigenvalue weighted by molar-refractivity contribution is -0.128. The Morgan fingerprint density at radius 3 is 2.88 bits per heavy atom. The highest BCUT2D eigenvalue weighted by atomic mass is 32.2. The number of amides is 1. The van der Waals surface area contributed by atoms with Crippen molar-refractivity contribution in [2.75, 3.05) is 25.5 Å². The van der Waals surface area contributed by atoms with Crippen LogP contribution in [0.4, 0.5) is 0 Å². The molecule has 2 aromatic rings. The highest BCUT2D eigenvalue weighted by Crippen LogP contribution is 2.34. The molecule has 2 heterocycles. The third-order valence-corrected chi connectivity index (χ3v) is 5.34. The van der Waals surface area contributed by atoms with E-state index in [0.29, 0.717) is 32.1 Å². The molecule has 0 saturated carbocycles. The van der Waals surface area contributed by atoms with Crippen LogP contribution in [-0.4, -0.2) is 36.3 Å². The summed E-state index contributed by atoms with van der Waals surface area (Å²) < 4.78 is 11.1. The fraction of sp³-hybridized carbons (Fsp3) is 0.278. The fourth-order valence-electron chi connectivity index (χ4n) is 2.35. The Balaban J connectivity index is 1.59. The summed E-state index contributed by atoms with van der Waals surface area (Å²) in [5, 5.41) is 2.02.